The van der Waals surface area contributed by atoms with Gasteiger partial charge in [0, 0.05) is 0 Å². The second kappa shape index (κ2) is 5.87. The molecule has 4 heteroatoms. The number of carbonyl (C=O) groups is 2. The largest absolute Gasteiger partial charge is 0.345 e. The summed E-state index contributed by atoms with van der Waals surface area (Å²) < 4.78 is 0. The van der Waals surface area contributed by atoms with Crippen molar-refractivity contribution in [2.24, 2.45) is 0 Å². The number of hydrogen-bond donors (Lipinski definition) is 2. The molecule has 92 valence electrons. The van der Waals surface area contributed by atoms with Gasteiger partial charge in [-0.1, -0.05) is 39.5 Å². The second-order valence-electron chi connectivity index (χ2n) is 4.52. The summed E-state index contributed by atoms with van der Waals surface area (Å²) in [5.41, 5.74) is -0.638. The average Bonchev–Trinajstić information content (AvgIpc) is 2.28. The van der Waals surface area contributed by atoms with Crippen LogP contribution in [0.15, 0.2) is 0 Å². The van der Waals surface area contributed by atoms with E-state index in [2.05, 4.69) is 24.5 Å². The van der Waals surface area contributed by atoms with Crippen LogP contribution < -0.4 is 10.6 Å². The van der Waals surface area contributed by atoms with Crippen LogP contribution in [0.3, 0.4) is 0 Å². The maximum atomic E-state index is 11.9. The fraction of sp³-hybridized carbons (Fsp3) is 0.833. The number of amides is 2. The first kappa shape index (κ1) is 13.0. The summed E-state index contributed by atoms with van der Waals surface area (Å²) in [7, 11) is 0. The van der Waals surface area contributed by atoms with Gasteiger partial charge in [-0.05, 0) is 12.8 Å². The van der Waals surface area contributed by atoms with E-state index in [0.29, 0.717) is 0 Å². The third-order valence-corrected chi connectivity index (χ3v) is 3.14. The third-order valence-electron chi connectivity index (χ3n) is 3.14. The van der Waals surface area contributed by atoms with Gasteiger partial charge in [0.05, 0.1) is 6.54 Å². The second-order valence-corrected chi connectivity index (χ2v) is 4.52. The van der Waals surface area contributed by atoms with Crippen molar-refractivity contribution in [3.63, 3.8) is 0 Å². The third kappa shape index (κ3) is 2.97. The fourth-order valence-electron chi connectivity index (χ4n) is 2.13. The first-order chi connectivity index (χ1) is 7.64. The molecule has 0 aromatic carbocycles. The maximum Gasteiger partial charge on any atom is 0.246 e. The SMILES string of the molecule is CCCCC1(CCCC)NC(=O)CNC1=O. The lowest BCUT2D eigenvalue weighted by Crippen LogP contribution is -2.65. The standard InChI is InChI=1S/C12H22N2O2/c1-3-5-7-12(8-6-4-2)11(16)13-9-10(15)14-12/h3-9H2,1-2H3,(H,13,16)(H,14,15). The molecule has 2 amide bonds. The lowest BCUT2D eigenvalue weighted by atomic mass is 9.85. The Labute approximate surface area is 97.2 Å². The summed E-state index contributed by atoms with van der Waals surface area (Å²) in [4.78, 5) is 23.4. The molecule has 0 atom stereocenters. The zero-order chi connectivity index (χ0) is 12.0. The van der Waals surface area contributed by atoms with Crippen molar-refractivity contribution < 1.29 is 9.59 Å². The highest BCUT2D eigenvalue weighted by Crippen LogP contribution is 2.23. The molecule has 0 aromatic heterocycles. The minimum absolute atomic E-state index is 0.00556. The highest BCUT2D eigenvalue weighted by molar-refractivity contribution is 5.97. The van der Waals surface area contributed by atoms with Crippen LogP contribution in [-0.2, 0) is 9.59 Å². The molecule has 1 aliphatic rings. The molecule has 0 aliphatic carbocycles. The molecule has 0 bridgehead atoms. The van der Waals surface area contributed by atoms with Crippen molar-refractivity contribution in [1.29, 1.82) is 0 Å². The van der Waals surface area contributed by atoms with Gasteiger partial charge < -0.3 is 10.6 Å². The van der Waals surface area contributed by atoms with Crippen LogP contribution in [0.4, 0.5) is 0 Å². The zero-order valence-corrected chi connectivity index (χ0v) is 10.3. The average molecular weight is 226 g/mol. The van der Waals surface area contributed by atoms with Crippen LogP contribution in [0.1, 0.15) is 52.4 Å². The highest BCUT2D eigenvalue weighted by Gasteiger charge is 2.41. The zero-order valence-electron chi connectivity index (χ0n) is 10.3. The van der Waals surface area contributed by atoms with Crippen molar-refractivity contribution in [3.8, 4) is 0 Å². The molecule has 0 aromatic rings. The molecule has 1 heterocycles. The Morgan fingerprint density at radius 2 is 1.69 bits per heavy atom. The molecule has 0 spiro atoms. The van der Waals surface area contributed by atoms with Crippen molar-refractivity contribution >= 4 is 11.8 Å². The first-order valence-electron chi connectivity index (χ1n) is 6.24. The summed E-state index contributed by atoms with van der Waals surface area (Å²) in [6, 6.07) is 0. The summed E-state index contributed by atoms with van der Waals surface area (Å²) in [6.07, 6.45) is 5.52. The van der Waals surface area contributed by atoms with Crippen molar-refractivity contribution in [1.82, 2.24) is 10.6 Å². The molecule has 0 radical (unpaired) electrons. The Balaban J connectivity index is 2.72. The predicted molar refractivity (Wildman–Crippen MR) is 62.9 cm³/mol. The fourth-order valence-corrected chi connectivity index (χ4v) is 2.13. The first-order valence-corrected chi connectivity index (χ1v) is 6.24. The number of piperazine rings is 1. The normalized spacial score (nSPS) is 19.1. The van der Waals surface area contributed by atoms with Gasteiger partial charge in [0.15, 0.2) is 0 Å². The molecule has 4 nitrogen and oxygen atoms in total. The van der Waals surface area contributed by atoms with E-state index in [0.717, 1.165) is 38.5 Å². The molecular formula is C12H22N2O2. The number of hydrogen-bond acceptors (Lipinski definition) is 2. The van der Waals surface area contributed by atoms with E-state index in [9.17, 15) is 9.59 Å². The molecule has 1 fully saturated rings. The minimum Gasteiger partial charge on any atom is -0.345 e. The Kier molecular flexibility index (Phi) is 4.77. The Morgan fingerprint density at radius 1 is 1.12 bits per heavy atom. The Hall–Kier alpha value is -1.06. The van der Waals surface area contributed by atoms with Gasteiger partial charge in [-0.25, -0.2) is 0 Å². The minimum atomic E-state index is -0.638. The van der Waals surface area contributed by atoms with E-state index in [-0.39, 0.29) is 18.4 Å². The van der Waals surface area contributed by atoms with Gasteiger partial charge in [-0.3, -0.25) is 9.59 Å². The van der Waals surface area contributed by atoms with E-state index in [1.807, 2.05) is 0 Å². The molecule has 16 heavy (non-hydrogen) atoms. The van der Waals surface area contributed by atoms with Gasteiger partial charge in [0.25, 0.3) is 0 Å². The van der Waals surface area contributed by atoms with Gasteiger partial charge in [-0.2, -0.15) is 0 Å². The van der Waals surface area contributed by atoms with E-state index in [1.165, 1.54) is 0 Å². The van der Waals surface area contributed by atoms with Gasteiger partial charge in [-0.15, -0.1) is 0 Å². The number of unbranched alkanes of at least 4 members (excludes halogenated alkanes) is 2. The summed E-state index contributed by atoms with van der Waals surface area (Å²) in [6.45, 7) is 4.31. The summed E-state index contributed by atoms with van der Waals surface area (Å²) in [5, 5.41) is 5.59. The van der Waals surface area contributed by atoms with Crippen LogP contribution in [0, 0.1) is 0 Å². The summed E-state index contributed by atoms with van der Waals surface area (Å²) >= 11 is 0. The molecule has 1 aliphatic heterocycles. The monoisotopic (exact) mass is 226 g/mol. The Bertz CT molecular complexity index is 256. The van der Waals surface area contributed by atoms with Crippen molar-refractivity contribution in [3.05, 3.63) is 0 Å². The van der Waals surface area contributed by atoms with Crippen LogP contribution in [0.2, 0.25) is 0 Å². The lowest BCUT2D eigenvalue weighted by Gasteiger charge is -2.37. The summed E-state index contributed by atoms with van der Waals surface area (Å²) in [5.74, 6) is -0.0687. The van der Waals surface area contributed by atoms with Crippen molar-refractivity contribution in [2.45, 2.75) is 57.9 Å². The quantitative estimate of drug-likeness (QED) is 0.718. The van der Waals surface area contributed by atoms with Crippen LogP contribution in [0.25, 0.3) is 0 Å². The highest BCUT2D eigenvalue weighted by atomic mass is 16.2. The lowest BCUT2D eigenvalue weighted by molar-refractivity contribution is -0.139. The van der Waals surface area contributed by atoms with Gasteiger partial charge >= 0.3 is 0 Å². The molecular weight excluding hydrogens is 204 g/mol. The molecule has 0 unspecified atom stereocenters. The van der Waals surface area contributed by atoms with Crippen LogP contribution >= 0.6 is 0 Å². The van der Waals surface area contributed by atoms with Crippen LogP contribution in [-0.4, -0.2) is 23.9 Å². The smallest absolute Gasteiger partial charge is 0.246 e. The van der Waals surface area contributed by atoms with Gasteiger partial charge in [0.2, 0.25) is 11.8 Å². The van der Waals surface area contributed by atoms with E-state index < -0.39 is 5.54 Å². The van der Waals surface area contributed by atoms with Crippen molar-refractivity contribution in [2.75, 3.05) is 6.54 Å². The predicted octanol–water partition coefficient (Wildman–Crippen LogP) is 1.35. The molecule has 0 saturated carbocycles. The van der Waals surface area contributed by atoms with Crippen LogP contribution in [0.5, 0.6) is 0 Å². The Morgan fingerprint density at radius 3 is 2.19 bits per heavy atom. The van der Waals surface area contributed by atoms with E-state index in [4.69, 9.17) is 0 Å². The topological polar surface area (TPSA) is 58.2 Å². The number of nitrogens with one attached hydrogen (secondary N) is 2. The molecule has 1 saturated heterocycles. The van der Waals surface area contributed by atoms with E-state index in [1.54, 1.807) is 0 Å². The molecule has 2 N–H and O–H groups in total. The van der Waals surface area contributed by atoms with E-state index >= 15 is 0 Å². The van der Waals surface area contributed by atoms with Gasteiger partial charge in [0.1, 0.15) is 5.54 Å². The molecule has 1 rings (SSSR count). The number of rotatable bonds is 6. The maximum absolute atomic E-state index is 11.9. The number of carbonyl (C=O) groups excluding carboxylic acids is 2.